The van der Waals surface area contributed by atoms with Gasteiger partial charge in [0.25, 0.3) is 6.47 Å². The van der Waals surface area contributed by atoms with Crippen LogP contribution in [0.5, 0.6) is 5.75 Å². The van der Waals surface area contributed by atoms with E-state index in [0.717, 1.165) is 30.2 Å². The number of rotatable bonds is 11. The van der Waals surface area contributed by atoms with Crippen molar-refractivity contribution >= 4 is 17.4 Å². The van der Waals surface area contributed by atoms with Gasteiger partial charge >= 0.3 is 0 Å². The van der Waals surface area contributed by atoms with E-state index < -0.39 is 6.17 Å². The summed E-state index contributed by atoms with van der Waals surface area (Å²) in [5, 5.41) is 17.1. The minimum atomic E-state index is -1.11. The van der Waals surface area contributed by atoms with Crippen LogP contribution >= 0.6 is 0 Å². The Morgan fingerprint density at radius 2 is 2.28 bits per heavy atom. The molecule has 4 rings (SSSR count). The Labute approximate surface area is 184 Å². The van der Waals surface area contributed by atoms with E-state index in [1.54, 1.807) is 13.2 Å². The average molecular weight is 446 g/mol. The molecule has 2 atom stereocenters. The topological polar surface area (TPSA) is 105 Å². The van der Waals surface area contributed by atoms with E-state index in [-0.39, 0.29) is 26.0 Å². The molecule has 0 aliphatic carbocycles. The molecule has 1 aliphatic heterocycles. The molecular formula is C21H27FN6O4. The van der Waals surface area contributed by atoms with Crippen molar-refractivity contribution in [3.8, 4) is 17.1 Å². The van der Waals surface area contributed by atoms with E-state index in [1.165, 1.54) is 4.80 Å². The highest BCUT2D eigenvalue weighted by Gasteiger charge is 2.23. The highest BCUT2D eigenvalue weighted by Crippen LogP contribution is 2.34. The fraction of sp³-hybridized carbons (Fsp3) is 0.524. The first-order valence-electron chi connectivity index (χ1n) is 10.7. The monoisotopic (exact) mass is 446 g/mol. The van der Waals surface area contributed by atoms with E-state index in [2.05, 4.69) is 15.5 Å². The van der Waals surface area contributed by atoms with Crippen molar-refractivity contribution in [3.63, 3.8) is 0 Å². The van der Waals surface area contributed by atoms with E-state index >= 15 is 0 Å². The van der Waals surface area contributed by atoms with Crippen LogP contribution in [0.15, 0.2) is 24.4 Å². The lowest BCUT2D eigenvalue weighted by molar-refractivity contribution is -0.129. The third kappa shape index (κ3) is 5.05. The third-order valence-electron chi connectivity index (χ3n) is 5.22. The lowest BCUT2D eigenvalue weighted by atomic mass is 10.1. The minimum absolute atomic E-state index is 0.0472. The second kappa shape index (κ2) is 10.5. The highest BCUT2D eigenvalue weighted by molar-refractivity contribution is 5.93. The molecule has 1 fully saturated rings. The van der Waals surface area contributed by atoms with Crippen LogP contribution < -0.4 is 10.1 Å². The van der Waals surface area contributed by atoms with Crippen molar-refractivity contribution in [2.75, 3.05) is 33.4 Å². The Morgan fingerprint density at radius 1 is 1.38 bits per heavy atom. The van der Waals surface area contributed by atoms with Crippen molar-refractivity contribution in [2.24, 2.45) is 0 Å². The summed E-state index contributed by atoms with van der Waals surface area (Å²) in [5.74, 6) is 0.549. The van der Waals surface area contributed by atoms with Crippen LogP contribution in [-0.2, 0) is 20.8 Å². The maximum Gasteiger partial charge on any atom is 0.293 e. The second-order valence-corrected chi connectivity index (χ2v) is 7.55. The highest BCUT2D eigenvalue weighted by atomic mass is 19.1. The van der Waals surface area contributed by atoms with E-state index in [0.29, 0.717) is 36.8 Å². The molecule has 2 aromatic heterocycles. The zero-order chi connectivity index (χ0) is 22.3. The molecule has 3 heterocycles. The smallest absolute Gasteiger partial charge is 0.293 e. The zero-order valence-corrected chi connectivity index (χ0v) is 17.9. The molecule has 2 unspecified atom stereocenters. The maximum atomic E-state index is 13.9. The zero-order valence-electron chi connectivity index (χ0n) is 17.9. The van der Waals surface area contributed by atoms with Gasteiger partial charge in [0.1, 0.15) is 36.5 Å². The lowest BCUT2D eigenvalue weighted by Gasteiger charge is -2.23. The number of carbonyl (C=O) groups excluding carboxylic acids is 1. The number of alkyl halides is 1. The molecule has 0 spiro atoms. The molecule has 1 N–H and O–H groups in total. The average Bonchev–Trinajstić information content (AvgIpc) is 3.43. The number of benzene rings is 1. The first-order valence-corrected chi connectivity index (χ1v) is 10.7. The van der Waals surface area contributed by atoms with Crippen LogP contribution in [0.4, 0.5) is 4.39 Å². The van der Waals surface area contributed by atoms with Gasteiger partial charge in [0.2, 0.25) is 0 Å². The Hall–Kier alpha value is -3.05. The summed E-state index contributed by atoms with van der Waals surface area (Å²) in [6.07, 6.45) is 3.33. The molecule has 0 bridgehead atoms. The van der Waals surface area contributed by atoms with Gasteiger partial charge in [-0.1, -0.05) is 0 Å². The van der Waals surface area contributed by atoms with Crippen LogP contribution in [0, 0.1) is 0 Å². The molecule has 10 nitrogen and oxygen atoms in total. The molecule has 0 radical (unpaired) electrons. The number of ether oxygens (including phenoxy) is 3. The molecule has 0 amide bonds. The largest absolute Gasteiger partial charge is 0.490 e. The quantitative estimate of drug-likeness (QED) is 0.353. The molecule has 3 aromatic rings. The standard InChI is InChI=1S/C21H27FN6O4/c1-23-11-15(22)13-32-16-5-6-19-17(10-16)21(26-28(19)20-4-2-3-8-31-20)18-12-24-27(25-18)7-9-30-14-29/h5-6,10,12,14-15,20,23H,2-4,7-9,11,13H2,1H3. The molecule has 11 heteroatoms. The number of aromatic nitrogens is 5. The van der Waals surface area contributed by atoms with Crippen molar-refractivity contribution in [3.05, 3.63) is 24.4 Å². The first kappa shape index (κ1) is 22.2. The van der Waals surface area contributed by atoms with Crippen molar-refractivity contribution in [1.82, 2.24) is 30.1 Å². The van der Waals surface area contributed by atoms with Crippen LogP contribution in [-0.4, -0.2) is 70.8 Å². The number of nitrogens with one attached hydrogen (secondary N) is 1. The summed E-state index contributed by atoms with van der Waals surface area (Å²) < 4.78 is 32.1. The molecule has 1 aromatic carbocycles. The predicted molar refractivity (Wildman–Crippen MR) is 114 cm³/mol. The Morgan fingerprint density at radius 3 is 3.06 bits per heavy atom. The molecule has 172 valence electrons. The summed E-state index contributed by atoms with van der Waals surface area (Å²) in [5.41, 5.74) is 2.09. The molecule has 32 heavy (non-hydrogen) atoms. The van der Waals surface area contributed by atoms with Crippen LogP contribution in [0.2, 0.25) is 0 Å². The van der Waals surface area contributed by atoms with Gasteiger partial charge in [0.15, 0.2) is 6.23 Å². The lowest BCUT2D eigenvalue weighted by Crippen LogP contribution is -2.25. The van der Waals surface area contributed by atoms with Gasteiger partial charge in [-0.3, -0.25) is 4.79 Å². The number of carbonyl (C=O) groups is 1. The second-order valence-electron chi connectivity index (χ2n) is 7.55. The third-order valence-corrected chi connectivity index (χ3v) is 5.22. The summed E-state index contributed by atoms with van der Waals surface area (Å²) in [4.78, 5) is 11.8. The summed E-state index contributed by atoms with van der Waals surface area (Å²) >= 11 is 0. The number of hydrogen-bond acceptors (Lipinski definition) is 8. The van der Waals surface area contributed by atoms with Crippen molar-refractivity contribution < 1.29 is 23.4 Å². The Balaban J connectivity index is 1.65. The fourth-order valence-corrected chi connectivity index (χ4v) is 3.70. The van der Waals surface area contributed by atoms with E-state index in [9.17, 15) is 9.18 Å². The van der Waals surface area contributed by atoms with Gasteiger partial charge in [-0.05, 0) is 44.5 Å². The number of fused-ring (bicyclic) bond motifs is 1. The maximum absolute atomic E-state index is 13.9. The minimum Gasteiger partial charge on any atom is -0.490 e. The number of nitrogens with zero attached hydrogens (tertiary/aromatic N) is 5. The van der Waals surface area contributed by atoms with Crippen molar-refractivity contribution in [2.45, 2.75) is 38.2 Å². The summed E-state index contributed by atoms with van der Waals surface area (Å²) in [6, 6.07) is 5.57. The van der Waals surface area contributed by atoms with Gasteiger partial charge < -0.3 is 19.5 Å². The van der Waals surface area contributed by atoms with E-state index in [1.807, 2.05) is 22.9 Å². The number of hydrogen-bond donors (Lipinski definition) is 1. The van der Waals surface area contributed by atoms with Gasteiger partial charge in [-0.2, -0.15) is 20.1 Å². The van der Waals surface area contributed by atoms with Crippen molar-refractivity contribution in [1.29, 1.82) is 0 Å². The first-order chi connectivity index (χ1) is 15.7. The SMILES string of the molecule is CNCC(F)COc1ccc2c(c1)c(-c1cnn(CCOC=O)n1)nn2C1CCCCO1. The Bertz CT molecular complexity index is 1030. The summed E-state index contributed by atoms with van der Waals surface area (Å²) in [7, 11) is 1.70. The van der Waals surface area contributed by atoms with Crippen LogP contribution in [0.25, 0.3) is 22.3 Å². The van der Waals surface area contributed by atoms with Crippen LogP contribution in [0.1, 0.15) is 25.5 Å². The fourth-order valence-electron chi connectivity index (χ4n) is 3.70. The molecule has 0 saturated carbocycles. The predicted octanol–water partition coefficient (Wildman–Crippen LogP) is 2.10. The van der Waals surface area contributed by atoms with Gasteiger partial charge in [0, 0.05) is 18.5 Å². The van der Waals surface area contributed by atoms with Gasteiger partial charge in [-0.15, -0.1) is 0 Å². The molecule has 1 aliphatic rings. The molecular weight excluding hydrogens is 419 g/mol. The normalized spacial score (nSPS) is 17.4. The summed E-state index contributed by atoms with van der Waals surface area (Å²) in [6.45, 7) is 1.77. The van der Waals surface area contributed by atoms with E-state index in [4.69, 9.17) is 19.3 Å². The van der Waals surface area contributed by atoms with Gasteiger partial charge in [-0.25, -0.2) is 9.07 Å². The molecule has 1 saturated heterocycles. The van der Waals surface area contributed by atoms with Gasteiger partial charge in [0.05, 0.1) is 18.3 Å². The Kier molecular flexibility index (Phi) is 7.28. The number of halogens is 1. The van der Waals surface area contributed by atoms with Crippen LogP contribution in [0.3, 0.4) is 0 Å².